The molecule has 5 rings (SSSR count). The number of ether oxygens (including phenoxy) is 1. The first-order chi connectivity index (χ1) is 17.3. The van der Waals surface area contributed by atoms with E-state index in [1.165, 1.54) is 12.8 Å². The van der Waals surface area contributed by atoms with Crippen LogP contribution in [-0.2, 0) is 26.2 Å². The maximum Gasteiger partial charge on any atom is 0.242 e. The Bertz CT molecular complexity index is 1100. The van der Waals surface area contributed by atoms with E-state index in [9.17, 15) is 9.59 Å². The van der Waals surface area contributed by atoms with E-state index in [4.69, 9.17) is 22.3 Å². The highest BCUT2D eigenvalue weighted by atomic mass is 32.1. The number of carbonyl (C=O) groups is 2. The summed E-state index contributed by atoms with van der Waals surface area (Å²) >= 11 is 5.05. The van der Waals surface area contributed by atoms with Crippen LogP contribution in [0.5, 0.6) is 0 Å². The Morgan fingerprint density at radius 2 is 2.00 bits per heavy atom. The molecule has 7 nitrogen and oxygen atoms in total. The molecule has 1 saturated heterocycles. The summed E-state index contributed by atoms with van der Waals surface area (Å²) in [4.78, 5) is 34.9. The predicted molar refractivity (Wildman–Crippen MR) is 144 cm³/mol. The molecule has 2 aromatic rings. The van der Waals surface area contributed by atoms with Gasteiger partial charge >= 0.3 is 0 Å². The molecule has 36 heavy (non-hydrogen) atoms. The number of hydrogen-bond donors (Lipinski definition) is 4. The van der Waals surface area contributed by atoms with Crippen molar-refractivity contribution < 1.29 is 14.3 Å². The lowest BCUT2D eigenvalue weighted by molar-refractivity contribution is -0.134. The zero-order chi connectivity index (χ0) is 25.3. The Hall–Kier alpha value is -2.06. The monoisotopic (exact) mass is 512 g/mol. The molecule has 0 spiro atoms. The molecule has 3 N–H and O–H groups in total. The maximum atomic E-state index is 13.8. The minimum Gasteiger partial charge on any atom is -0.380 e. The van der Waals surface area contributed by atoms with Crippen molar-refractivity contribution >= 4 is 35.5 Å². The van der Waals surface area contributed by atoms with Crippen LogP contribution in [0, 0.1) is 11.8 Å². The number of amides is 2. The van der Waals surface area contributed by atoms with Gasteiger partial charge in [-0.1, -0.05) is 19.4 Å². The summed E-state index contributed by atoms with van der Waals surface area (Å²) in [6, 6.07) is 5.57. The molecule has 2 aliphatic carbocycles. The number of thiol groups is 1. The van der Waals surface area contributed by atoms with Crippen LogP contribution in [0.4, 0.5) is 0 Å². The van der Waals surface area contributed by atoms with Gasteiger partial charge < -0.3 is 20.4 Å². The average Bonchev–Trinajstić information content (AvgIpc) is 3.46. The number of fused-ring (bicyclic) bond motifs is 1. The lowest BCUT2D eigenvalue weighted by Gasteiger charge is -2.36. The highest BCUT2D eigenvalue weighted by Crippen LogP contribution is 2.40. The molecule has 2 saturated carbocycles. The summed E-state index contributed by atoms with van der Waals surface area (Å²) in [7, 11) is 0. The Kier molecular flexibility index (Phi) is 7.37. The molecule has 3 aliphatic rings. The van der Waals surface area contributed by atoms with Crippen molar-refractivity contribution in [2.45, 2.75) is 87.8 Å². The van der Waals surface area contributed by atoms with Gasteiger partial charge in [0.2, 0.25) is 11.8 Å². The van der Waals surface area contributed by atoms with Gasteiger partial charge in [0.05, 0.1) is 23.1 Å². The molecule has 2 amide bonds. The Balaban J connectivity index is 1.38. The molecule has 1 unspecified atom stereocenters. The molecule has 3 fully saturated rings. The summed E-state index contributed by atoms with van der Waals surface area (Å²) in [5.74, 6) is 1.73. The summed E-state index contributed by atoms with van der Waals surface area (Å²) in [5.41, 5.74) is 1.94. The van der Waals surface area contributed by atoms with Crippen LogP contribution in [-0.4, -0.2) is 52.3 Å². The number of rotatable bonds is 8. The van der Waals surface area contributed by atoms with E-state index in [-0.39, 0.29) is 22.5 Å². The minimum absolute atomic E-state index is 0.0147. The number of nitrogens with one attached hydrogen (secondary N) is 3. The minimum atomic E-state index is -0.807. The summed E-state index contributed by atoms with van der Waals surface area (Å²) in [6.45, 7) is 5.62. The number of aromatic nitrogens is 2. The predicted octanol–water partition coefficient (Wildman–Crippen LogP) is 4.06. The second-order valence-corrected chi connectivity index (χ2v) is 12.4. The number of nitrogens with zero attached hydrogens (tertiary/aromatic N) is 1. The van der Waals surface area contributed by atoms with Crippen molar-refractivity contribution in [1.29, 1.82) is 0 Å². The highest BCUT2D eigenvalue weighted by molar-refractivity contribution is 7.81. The molecule has 196 valence electrons. The van der Waals surface area contributed by atoms with Crippen molar-refractivity contribution in [3.8, 4) is 0 Å². The number of benzene rings is 1. The fourth-order valence-corrected chi connectivity index (χ4v) is 6.48. The number of carbonyl (C=O) groups excluding carboxylic acids is 2. The topological polar surface area (TPSA) is 96.1 Å². The van der Waals surface area contributed by atoms with Crippen LogP contribution in [0.3, 0.4) is 0 Å². The van der Waals surface area contributed by atoms with Gasteiger partial charge in [0, 0.05) is 24.3 Å². The molecular formula is C28H40N4O3S. The third-order valence-electron chi connectivity index (χ3n) is 8.78. The number of likely N-dealkylation sites (N-methyl/N-ethyl adjacent to an activating group) is 1. The number of H-pyrrole nitrogens is 1. The largest absolute Gasteiger partial charge is 0.380 e. The van der Waals surface area contributed by atoms with E-state index in [1.807, 2.05) is 19.1 Å². The lowest BCUT2D eigenvalue weighted by atomic mass is 9.76. The number of imidazole rings is 1. The van der Waals surface area contributed by atoms with Gasteiger partial charge in [0.1, 0.15) is 11.9 Å². The Morgan fingerprint density at radius 1 is 1.22 bits per heavy atom. The fourth-order valence-electron chi connectivity index (χ4n) is 6.07. The van der Waals surface area contributed by atoms with E-state index in [0.29, 0.717) is 26.2 Å². The quantitative estimate of drug-likeness (QED) is 0.401. The van der Waals surface area contributed by atoms with Gasteiger partial charge in [0.25, 0.3) is 0 Å². The first-order valence-corrected chi connectivity index (χ1v) is 14.1. The molecule has 1 aliphatic heterocycles. The number of aromatic amines is 1. The SMILES string of the molecule is CCNC(=O)[C@H](NC(=O)C1(c2ccc3nc(CC4(S)CCC(C)CC4)[nH]c3c2)CCOC1)C1CCC1. The van der Waals surface area contributed by atoms with E-state index in [2.05, 4.69) is 28.6 Å². The molecule has 2 atom stereocenters. The van der Waals surface area contributed by atoms with Crippen LogP contribution in [0.25, 0.3) is 11.0 Å². The highest BCUT2D eigenvalue weighted by Gasteiger charge is 2.46. The van der Waals surface area contributed by atoms with E-state index in [1.54, 1.807) is 0 Å². The van der Waals surface area contributed by atoms with Crippen molar-refractivity contribution in [3.05, 3.63) is 29.6 Å². The third kappa shape index (κ3) is 5.03. The van der Waals surface area contributed by atoms with Gasteiger partial charge in [-0.15, -0.1) is 0 Å². The smallest absolute Gasteiger partial charge is 0.242 e. The second-order valence-electron chi connectivity index (χ2n) is 11.4. The molecule has 0 bridgehead atoms. The van der Waals surface area contributed by atoms with Crippen molar-refractivity contribution in [1.82, 2.24) is 20.6 Å². The molecule has 1 aromatic carbocycles. The zero-order valence-electron chi connectivity index (χ0n) is 21.6. The van der Waals surface area contributed by atoms with Crippen LogP contribution in [0.2, 0.25) is 0 Å². The Morgan fingerprint density at radius 3 is 2.64 bits per heavy atom. The molecule has 8 heteroatoms. The van der Waals surface area contributed by atoms with Gasteiger partial charge in [-0.05, 0) is 81.4 Å². The Labute approximate surface area is 219 Å². The van der Waals surface area contributed by atoms with E-state index < -0.39 is 11.5 Å². The molecule has 0 radical (unpaired) electrons. The standard InChI is InChI=1S/C28H40N4O3S/c1-3-29-25(33)24(19-5-4-6-19)32-26(34)28(13-14-35-17-28)20-7-8-21-22(15-20)31-23(30-21)16-27(36)11-9-18(2)10-12-27/h7-8,15,18-19,24,36H,3-6,9-14,16-17H2,1-2H3,(H,29,33)(H,30,31)(H,32,34)/t18?,24-,27?,28?/m1/s1. The van der Waals surface area contributed by atoms with Crippen molar-refractivity contribution in [3.63, 3.8) is 0 Å². The van der Waals surface area contributed by atoms with Gasteiger partial charge in [-0.3, -0.25) is 9.59 Å². The second kappa shape index (κ2) is 10.4. The lowest BCUT2D eigenvalue weighted by Crippen LogP contribution is -2.57. The van der Waals surface area contributed by atoms with Gasteiger partial charge in [-0.2, -0.15) is 12.6 Å². The van der Waals surface area contributed by atoms with Crippen LogP contribution >= 0.6 is 12.6 Å². The zero-order valence-corrected chi connectivity index (χ0v) is 22.5. The van der Waals surface area contributed by atoms with Gasteiger partial charge in [-0.25, -0.2) is 4.98 Å². The first-order valence-electron chi connectivity index (χ1n) is 13.7. The first kappa shape index (κ1) is 25.6. The average molecular weight is 513 g/mol. The van der Waals surface area contributed by atoms with Crippen LogP contribution in [0.15, 0.2) is 18.2 Å². The van der Waals surface area contributed by atoms with Crippen molar-refractivity contribution in [2.75, 3.05) is 19.8 Å². The van der Waals surface area contributed by atoms with E-state index in [0.717, 1.165) is 66.9 Å². The maximum absolute atomic E-state index is 13.8. The normalized spacial score (nSPS) is 29.6. The molecule has 1 aromatic heterocycles. The van der Waals surface area contributed by atoms with Crippen LogP contribution in [0.1, 0.15) is 76.6 Å². The van der Waals surface area contributed by atoms with Crippen molar-refractivity contribution in [2.24, 2.45) is 11.8 Å². The molecular weight excluding hydrogens is 472 g/mol. The fraction of sp³-hybridized carbons (Fsp3) is 0.679. The summed E-state index contributed by atoms with van der Waals surface area (Å²) < 4.78 is 5.75. The number of hydrogen-bond acceptors (Lipinski definition) is 5. The summed E-state index contributed by atoms with van der Waals surface area (Å²) in [5, 5.41) is 6.04. The van der Waals surface area contributed by atoms with Crippen LogP contribution < -0.4 is 10.6 Å². The third-order valence-corrected chi connectivity index (χ3v) is 9.39. The summed E-state index contributed by atoms with van der Waals surface area (Å²) in [6.07, 6.45) is 9.10. The van der Waals surface area contributed by atoms with Gasteiger partial charge in [0.15, 0.2) is 0 Å². The molecule has 2 heterocycles. The van der Waals surface area contributed by atoms with E-state index >= 15 is 0 Å².